The van der Waals surface area contributed by atoms with Crippen LogP contribution in [-0.4, -0.2) is 38.8 Å². The maximum atomic E-state index is 12.7. The van der Waals surface area contributed by atoms with Gasteiger partial charge in [-0.3, -0.25) is 4.79 Å². The van der Waals surface area contributed by atoms with Crippen LogP contribution in [0.15, 0.2) is 24.3 Å². The lowest BCUT2D eigenvalue weighted by molar-refractivity contribution is -0.124. The summed E-state index contributed by atoms with van der Waals surface area (Å²) in [5.41, 5.74) is 1.57. The van der Waals surface area contributed by atoms with E-state index in [1.54, 1.807) is 4.68 Å². The van der Waals surface area contributed by atoms with E-state index in [-0.39, 0.29) is 24.0 Å². The van der Waals surface area contributed by atoms with Crippen LogP contribution in [0.5, 0.6) is 0 Å². The van der Waals surface area contributed by atoms with Gasteiger partial charge in [-0.2, -0.15) is 0 Å². The molecular weight excluding hydrogens is 318 g/mol. The van der Waals surface area contributed by atoms with Crippen molar-refractivity contribution in [2.75, 3.05) is 11.9 Å². The van der Waals surface area contributed by atoms with Crippen molar-refractivity contribution in [2.24, 2.45) is 5.92 Å². The number of tetrazole rings is 1. The first kappa shape index (κ1) is 17.5. The lowest BCUT2D eigenvalue weighted by Gasteiger charge is -2.28. The van der Waals surface area contributed by atoms with Gasteiger partial charge in [0, 0.05) is 18.1 Å². The Morgan fingerprint density at radius 2 is 2.20 bits per heavy atom. The molecule has 2 atom stereocenters. The van der Waals surface area contributed by atoms with E-state index in [4.69, 9.17) is 4.74 Å². The summed E-state index contributed by atoms with van der Waals surface area (Å²) in [4.78, 5) is 12.7. The molecule has 1 amide bonds. The molecule has 2 aromatic rings. The van der Waals surface area contributed by atoms with Crippen LogP contribution in [0, 0.1) is 5.92 Å². The average molecular weight is 343 g/mol. The first-order valence-electron chi connectivity index (χ1n) is 8.89. The Labute approximate surface area is 147 Å². The third kappa shape index (κ3) is 3.87. The van der Waals surface area contributed by atoms with Crippen LogP contribution in [0.1, 0.15) is 46.1 Å². The second-order valence-electron chi connectivity index (χ2n) is 6.70. The third-order valence-corrected chi connectivity index (χ3v) is 4.60. The quantitative estimate of drug-likeness (QED) is 0.902. The number of rotatable bonds is 5. The first-order chi connectivity index (χ1) is 12.1. The number of anilines is 1. The summed E-state index contributed by atoms with van der Waals surface area (Å²) in [6, 6.07) is 7.78. The second kappa shape index (κ2) is 7.74. The molecule has 1 saturated heterocycles. The minimum Gasteiger partial charge on any atom is -0.378 e. The van der Waals surface area contributed by atoms with E-state index < -0.39 is 0 Å². The highest BCUT2D eigenvalue weighted by atomic mass is 16.5. The number of carbonyl (C=O) groups is 1. The second-order valence-corrected chi connectivity index (χ2v) is 6.70. The molecule has 1 aromatic heterocycles. The predicted octanol–water partition coefficient (Wildman–Crippen LogP) is 3.06. The highest BCUT2D eigenvalue weighted by Crippen LogP contribution is 2.29. The van der Waals surface area contributed by atoms with Crippen molar-refractivity contribution in [1.82, 2.24) is 20.2 Å². The number of hydrogen-bond acceptors (Lipinski definition) is 5. The van der Waals surface area contributed by atoms with E-state index in [9.17, 15) is 4.79 Å². The van der Waals surface area contributed by atoms with Gasteiger partial charge in [0.25, 0.3) is 0 Å². The van der Waals surface area contributed by atoms with Gasteiger partial charge in [0.1, 0.15) is 0 Å². The zero-order valence-electron chi connectivity index (χ0n) is 15.0. The van der Waals surface area contributed by atoms with Crippen LogP contribution in [-0.2, 0) is 9.53 Å². The van der Waals surface area contributed by atoms with Gasteiger partial charge in [0.15, 0.2) is 5.82 Å². The highest BCUT2D eigenvalue weighted by Gasteiger charge is 2.27. The molecule has 7 heteroatoms. The Kier molecular flexibility index (Phi) is 5.43. The summed E-state index contributed by atoms with van der Waals surface area (Å²) in [5, 5.41) is 15.1. The molecule has 134 valence electrons. The molecule has 1 aromatic carbocycles. The van der Waals surface area contributed by atoms with E-state index in [1.807, 2.05) is 38.1 Å². The smallest absolute Gasteiger partial charge is 0.227 e. The van der Waals surface area contributed by atoms with Crippen molar-refractivity contribution >= 4 is 11.6 Å². The largest absolute Gasteiger partial charge is 0.378 e. The molecule has 2 heterocycles. The van der Waals surface area contributed by atoms with Crippen molar-refractivity contribution in [3.05, 3.63) is 24.3 Å². The number of para-hydroxylation sites is 1. The zero-order chi connectivity index (χ0) is 17.8. The maximum Gasteiger partial charge on any atom is 0.227 e. The Morgan fingerprint density at radius 1 is 1.40 bits per heavy atom. The summed E-state index contributed by atoms with van der Waals surface area (Å²) >= 11 is 0. The van der Waals surface area contributed by atoms with Crippen LogP contribution in [0.4, 0.5) is 5.69 Å². The molecule has 0 bridgehead atoms. The molecule has 0 spiro atoms. The predicted molar refractivity (Wildman–Crippen MR) is 95.0 cm³/mol. The molecule has 3 rings (SSSR count). The molecule has 0 unspecified atom stereocenters. The Balaban J connectivity index is 1.82. The SMILES string of the molecule is CC[C@H]1C[C@H](C(=O)Nc2ccccc2-c2nnnn2C(C)C)CCO1. The van der Waals surface area contributed by atoms with Crippen LogP contribution in [0.2, 0.25) is 0 Å². The molecule has 0 saturated carbocycles. The number of carbonyl (C=O) groups excluding carboxylic acids is 1. The topological polar surface area (TPSA) is 81.9 Å². The van der Waals surface area contributed by atoms with Crippen molar-refractivity contribution in [3.8, 4) is 11.4 Å². The molecule has 0 radical (unpaired) electrons. The van der Waals surface area contributed by atoms with Crippen molar-refractivity contribution in [3.63, 3.8) is 0 Å². The normalized spacial score (nSPS) is 20.6. The molecule has 7 nitrogen and oxygen atoms in total. The molecule has 1 N–H and O–H groups in total. The Morgan fingerprint density at radius 3 is 2.96 bits per heavy atom. The fourth-order valence-electron chi connectivity index (χ4n) is 3.14. The van der Waals surface area contributed by atoms with Gasteiger partial charge in [-0.05, 0) is 55.7 Å². The van der Waals surface area contributed by atoms with Gasteiger partial charge in [-0.15, -0.1) is 5.10 Å². The molecule has 0 aliphatic carbocycles. The van der Waals surface area contributed by atoms with Gasteiger partial charge in [-0.1, -0.05) is 19.1 Å². The Bertz CT molecular complexity index is 728. The van der Waals surface area contributed by atoms with E-state index in [0.717, 1.165) is 30.5 Å². The van der Waals surface area contributed by atoms with E-state index in [0.29, 0.717) is 12.4 Å². The molecular formula is C18H25N5O2. The number of aromatic nitrogens is 4. The number of benzene rings is 1. The molecule has 1 aliphatic heterocycles. The van der Waals surface area contributed by atoms with Crippen LogP contribution < -0.4 is 5.32 Å². The van der Waals surface area contributed by atoms with Gasteiger partial charge < -0.3 is 10.1 Å². The van der Waals surface area contributed by atoms with E-state index in [2.05, 4.69) is 27.8 Å². The fraction of sp³-hybridized carbons (Fsp3) is 0.556. The number of nitrogens with one attached hydrogen (secondary N) is 1. The van der Waals surface area contributed by atoms with E-state index in [1.165, 1.54) is 0 Å². The zero-order valence-corrected chi connectivity index (χ0v) is 15.0. The van der Waals surface area contributed by atoms with Crippen molar-refractivity contribution < 1.29 is 9.53 Å². The van der Waals surface area contributed by atoms with Crippen molar-refractivity contribution in [1.29, 1.82) is 0 Å². The standard InChI is InChI=1S/C18H25N5O2/c1-4-14-11-13(9-10-25-14)18(24)19-16-8-6-5-7-15(16)17-20-21-22-23(17)12(2)3/h5-8,12-14H,4,9-11H2,1-3H3,(H,19,24)/t13-,14+/m1/s1. The van der Waals surface area contributed by atoms with Gasteiger partial charge in [0.05, 0.1) is 17.8 Å². The monoisotopic (exact) mass is 343 g/mol. The fourth-order valence-corrected chi connectivity index (χ4v) is 3.14. The molecule has 25 heavy (non-hydrogen) atoms. The summed E-state index contributed by atoms with van der Waals surface area (Å²) in [6.07, 6.45) is 2.64. The minimum absolute atomic E-state index is 0.0205. The lowest BCUT2D eigenvalue weighted by Crippen LogP contribution is -2.33. The molecule has 1 fully saturated rings. The summed E-state index contributed by atoms with van der Waals surface area (Å²) in [7, 11) is 0. The summed E-state index contributed by atoms with van der Waals surface area (Å²) < 4.78 is 7.43. The average Bonchev–Trinajstić information content (AvgIpc) is 3.12. The van der Waals surface area contributed by atoms with Gasteiger partial charge in [-0.25, -0.2) is 4.68 Å². The van der Waals surface area contributed by atoms with Gasteiger partial charge >= 0.3 is 0 Å². The number of amides is 1. The van der Waals surface area contributed by atoms with Crippen molar-refractivity contribution in [2.45, 2.75) is 52.2 Å². The summed E-state index contributed by atoms with van der Waals surface area (Å²) in [6.45, 7) is 6.78. The summed E-state index contributed by atoms with van der Waals surface area (Å²) in [5.74, 6) is 0.676. The first-order valence-corrected chi connectivity index (χ1v) is 8.89. The lowest BCUT2D eigenvalue weighted by atomic mass is 9.93. The number of ether oxygens (including phenoxy) is 1. The third-order valence-electron chi connectivity index (χ3n) is 4.60. The van der Waals surface area contributed by atoms with Crippen LogP contribution in [0.25, 0.3) is 11.4 Å². The molecule has 1 aliphatic rings. The van der Waals surface area contributed by atoms with Crippen LogP contribution >= 0.6 is 0 Å². The maximum absolute atomic E-state index is 12.7. The highest BCUT2D eigenvalue weighted by molar-refractivity contribution is 5.96. The number of nitrogens with zero attached hydrogens (tertiary/aromatic N) is 4. The van der Waals surface area contributed by atoms with Gasteiger partial charge in [0.2, 0.25) is 5.91 Å². The minimum atomic E-state index is -0.0205. The Hall–Kier alpha value is -2.28. The number of hydrogen-bond donors (Lipinski definition) is 1. The van der Waals surface area contributed by atoms with E-state index >= 15 is 0 Å². The van der Waals surface area contributed by atoms with Crippen LogP contribution in [0.3, 0.4) is 0 Å².